The lowest BCUT2D eigenvalue weighted by Crippen LogP contribution is -2.27. The first-order valence-electron chi connectivity index (χ1n) is 4.44. The second-order valence-electron chi connectivity index (χ2n) is 3.26. The molecule has 0 amide bonds. The molecule has 0 aromatic carbocycles. The van der Waals surface area contributed by atoms with Gasteiger partial charge in [0.1, 0.15) is 5.01 Å². The molecular weight excluding hydrogens is 200 g/mol. The van der Waals surface area contributed by atoms with Crippen LogP contribution in [-0.2, 0) is 11.3 Å². The maximum Gasteiger partial charge on any atom is 0.304 e. The largest absolute Gasteiger partial charge is 0.481 e. The molecule has 0 radical (unpaired) electrons. The summed E-state index contributed by atoms with van der Waals surface area (Å²) in [6.45, 7) is 4.45. The fraction of sp³-hybridized carbons (Fsp3) is 0.556. The van der Waals surface area contributed by atoms with Crippen LogP contribution in [0, 0.1) is 6.92 Å². The first-order chi connectivity index (χ1) is 6.58. The van der Waals surface area contributed by atoms with Crippen molar-refractivity contribution in [2.45, 2.75) is 32.9 Å². The van der Waals surface area contributed by atoms with Gasteiger partial charge in [0.2, 0.25) is 0 Å². The van der Waals surface area contributed by atoms with Crippen molar-refractivity contribution in [1.82, 2.24) is 10.3 Å². The van der Waals surface area contributed by atoms with Gasteiger partial charge < -0.3 is 10.4 Å². The van der Waals surface area contributed by atoms with Gasteiger partial charge in [-0.2, -0.15) is 0 Å². The summed E-state index contributed by atoms with van der Waals surface area (Å²) in [5, 5.41) is 14.6. The van der Waals surface area contributed by atoms with Crippen LogP contribution in [0.15, 0.2) is 5.38 Å². The van der Waals surface area contributed by atoms with Gasteiger partial charge in [0.25, 0.3) is 0 Å². The Labute approximate surface area is 87.0 Å². The molecule has 0 aliphatic carbocycles. The topological polar surface area (TPSA) is 62.2 Å². The molecule has 0 aliphatic heterocycles. The van der Waals surface area contributed by atoms with E-state index in [9.17, 15) is 4.79 Å². The molecular formula is C9H14N2O2S. The van der Waals surface area contributed by atoms with Crippen LogP contribution in [0.4, 0.5) is 0 Å². The first kappa shape index (κ1) is 11.1. The van der Waals surface area contributed by atoms with Gasteiger partial charge in [-0.3, -0.25) is 4.79 Å². The molecule has 0 bridgehead atoms. The number of carboxylic acid groups (broad SMARTS) is 1. The Morgan fingerprint density at radius 1 is 1.79 bits per heavy atom. The van der Waals surface area contributed by atoms with Crippen molar-refractivity contribution in [3.05, 3.63) is 16.1 Å². The van der Waals surface area contributed by atoms with E-state index in [1.165, 1.54) is 0 Å². The van der Waals surface area contributed by atoms with Gasteiger partial charge >= 0.3 is 5.97 Å². The smallest absolute Gasteiger partial charge is 0.304 e. The molecule has 0 aliphatic rings. The highest BCUT2D eigenvalue weighted by molar-refractivity contribution is 7.09. The third-order valence-electron chi connectivity index (χ3n) is 1.75. The molecule has 78 valence electrons. The highest BCUT2D eigenvalue weighted by atomic mass is 32.1. The van der Waals surface area contributed by atoms with E-state index >= 15 is 0 Å². The second kappa shape index (κ2) is 5.07. The Hall–Kier alpha value is -0.940. The van der Waals surface area contributed by atoms with Crippen LogP contribution >= 0.6 is 11.3 Å². The van der Waals surface area contributed by atoms with Gasteiger partial charge in [-0.1, -0.05) is 0 Å². The van der Waals surface area contributed by atoms with E-state index in [1.54, 1.807) is 11.3 Å². The van der Waals surface area contributed by atoms with E-state index in [4.69, 9.17) is 5.11 Å². The zero-order valence-electron chi connectivity index (χ0n) is 8.28. The number of aryl methyl sites for hydroxylation is 1. The summed E-state index contributed by atoms with van der Waals surface area (Å²) in [5.41, 5.74) is 1.01. The minimum absolute atomic E-state index is 0.0169. The zero-order chi connectivity index (χ0) is 10.6. The number of aliphatic carboxylic acids is 1. The van der Waals surface area contributed by atoms with Crippen molar-refractivity contribution in [2.75, 3.05) is 0 Å². The Bertz CT molecular complexity index is 312. The summed E-state index contributed by atoms with van der Waals surface area (Å²) in [6.07, 6.45) is 0.143. The molecule has 1 aromatic heterocycles. The third kappa shape index (κ3) is 3.85. The van der Waals surface area contributed by atoms with Gasteiger partial charge in [-0.25, -0.2) is 4.98 Å². The van der Waals surface area contributed by atoms with E-state index in [1.807, 2.05) is 19.2 Å². The molecule has 1 heterocycles. The first-order valence-corrected chi connectivity index (χ1v) is 5.32. The number of hydrogen-bond donors (Lipinski definition) is 2. The maximum absolute atomic E-state index is 10.4. The number of nitrogens with zero attached hydrogens (tertiary/aromatic N) is 1. The normalized spacial score (nSPS) is 12.7. The van der Waals surface area contributed by atoms with Gasteiger partial charge in [-0.15, -0.1) is 11.3 Å². The highest BCUT2D eigenvalue weighted by Gasteiger charge is 2.07. The van der Waals surface area contributed by atoms with Crippen molar-refractivity contribution >= 4 is 17.3 Å². The van der Waals surface area contributed by atoms with Crippen molar-refractivity contribution in [1.29, 1.82) is 0 Å². The number of carbonyl (C=O) groups is 1. The summed E-state index contributed by atoms with van der Waals surface area (Å²) in [4.78, 5) is 14.6. The Morgan fingerprint density at radius 2 is 2.50 bits per heavy atom. The van der Waals surface area contributed by atoms with Gasteiger partial charge in [-0.05, 0) is 13.8 Å². The summed E-state index contributed by atoms with van der Waals surface area (Å²) >= 11 is 1.59. The lowest BCUT2D eigenvalue weighted by atomic mass is 10.2. The van der Waals surface area contributed by atoms with E-state index < -0.39 is 5.97 Å². The monoisotopic (exact) mass is 214 g/mol. The summed E-state index contributed by atoms with van der Waals surface area (Å²) in [7, 11) is 0. The molecule has 0 saturated carbocycles. The van der Waals surface area contributed by atoms with Gasteiger partial charge in [0.05, 0.1) is 6.42 Å². The van der Waals surface area contributed by atoms with Crippen LogP contribution in [-0.4, -0.2) is 22.1 Å². The molecule has 0 spiro atoms. The standard InChI is InChI=1S/C9H14N2O2S/c1-6(3-9(12)13)10-4-8-11-7(2)5-14-8/h5-6,10H,3-4H2,1-2H3,(H,12,13). The predicted octanol–water partition coefficient (Wildman–Crippen LogP) is 1.40. The van der Waals surface area contributed by atoms with E-state index in [0.29, 0.717) is 6.54 Å². The summed E-state index contributed by atoms with van der Waals surface area (Å²) < 4.78 is 0. The van der Waals surface area contributed by atoms with Gasteiger partial charge in [0.15, 0.2) is 0 Å². The van der Waals surface area contributed by atoms with E-state index in [2.05, 4.69) is 10.3 Å². The second-order valence-corrected chi connectivity index (χ2v) is 4.21. The average Bonchev–Trinajstić information content (AvgIpc) is 2.47. The van der Waals surface area contributed by atoms with Crippen LogP contribution in [0.3, 0.4) is 0 Å². The molecule has 4 nitrogen and oxygen atoms in total. The lowest BCUT2D eigenvalue weighted by molar-refractivity contribution is -0.137. The number of aromatic nitrogens is 1. The third-order valence-corrected chi connectivity index (χ3v) is 2.72. The summed E-state index contributed by atoms with van der Waals surface area (Å²) in [6, 6.07) is -0.0169. The van der Waals surface area contributed by atoms with Crippen molar-refractivity contribution in [3.63, 3.8) is 0 Å². The van der Waals surface area contributed by atoms with Crippen LogP contribution in [0.1, 0.15) is 24.0 Å². The van der Waals surface area contributed by atoms with E-state index in [0.717, 1.165) is 10.7 Å². The molecule has 1 aromatic rings. The fourth-order valence-electron chi connectivity index (χ4n) is 1.08. The number of thiazole rings is 1. The number of rotatable bonds is 5. The fourth-order valence-corrected chi connectivity index (χ4v) is 1.80. The minimum atomic E-state index is -0.777. The average molecular weight is 214 g/mol. The SMILES string of the molecule is Cc1csc(CNC(C)CC(=O)O)n1. The molecule has 1 atom stereocenters. The maximum atomic E-state index is 10.4. The van der Waals surface area contributed by atoms with Crippen molar-refractivity contribution < 1.29 is 9.90 Å². The van der Waals surface area contributed by atoms with Crippen molar-refractivity contribution in [2.24, 2.45) is 0 Å². The lowest BCUT2D eigenvalue weighted by Gasteiger charge is -2.09. The zero-order valence-corrected chi connectivity index (χ0v) is 9.10. The molecule has 0 fully saturated rings. The van der Waals surface area contributed by atoms with Gasteiger partial charge in [0, 0.05) is 23.7 Å². The molecule has 14 heavy (non-hydrogen) atoms. The molecule has 0 saturated heterocycles. The Morgan fingerprint density at radius 3 is 3.00 bits per heavy atom. The molecule has 1 rings (SSSR count). The number of carboxylic acids is 1. The highest BCUT2D eigenvalue weighted by Crippen LogP contribution is 2.08. The van der Waals surface area contributed by atoms with Crippen LogP contribution in [0.25, 0.3) is 0 Å². The predicted molar refractivity (Wildman–Crippen MR) is 55.4 cm³/mol. The Kier molecular flexibility index (Phi) is 4.03. The number of nitrogens with one attached hydrogen (secondary N) is 1. The molecule has 5 heteroatoms. The van der Waals surface area contributed by atoms with Crippen LogP contribution in [0.2, 0.25) is 0 Å². The molecule has 2 N–H and O–H groups in total. The minimum Gasteiger partial charge on any atom is -0.481 e. The van der Waals surface area contributed by atoms with Crippen LogP contribution < -0.4 is 5.32 Å². The van der Waals surface area contributed by atoms with Crippen molar-refractivity contribution in [3.8, 4) is 0 Å². The van der Waals surface area contributed by atoms with Crippen LogP contribution in [0.5, 0.6) is 0 Å². The quantitative estimate of drug-likeness (QED) is 0.777. The van der Waals surface area contributed by atoms with E-state index in [-0.39, 0.29) is 12.5 Å². The molecule has 1 unspecified atom stereocenters. The summed E-state index contributed by atoms with van der Waals surface area (Å²) in [5.74, 6) is -0.777. The Balaban J connectivity index is 2.30. The number of hydrogen-bond acceptors (Lipinski definition) is 4.